The van der Waals surface area contributed by atoms with E-state index in [1.807, 2.05) is 10.6 Å². The number of aromatic nitrogens is 3. The topological polar surface area (TPSA) is 47.8 Å². The normalized spacial score (nSPS) is 10.8. The Morgan fingerprint density at radius 2 is 1.96 bits per heavy atom. The van der Waals surface area contributed by atoms with Crippen molar-refractivity contribution >= 4 is 18.0 Å². The molecule has 0 aliphatic rings. The van der Waals surface area contributed by atoms with Gasteiger partial charge in [-0.25, -0.2) is 4.39 Å². The van der Waals surface area contributed by atoms with Crippen LogP contribution in [0.4, 0.5) is 4.39 Å². The second-order valence-corrected chi connectivity index (χ2v) is 6.64. The predicted octanol–water partition coefficient (Wildman–Crippen LogP) is 4.14. The third kappa shape index (κ3) is 4.33. The van der Waals surface area contributed by atoms with Crippen LogP contribution in [-0.4, -0.2) is 21.1 Å². The summed E-state index contributed by atoms with van der Waals surface area (Å²) in [6, 6.07) is 14.5. The van der Waals surface area contributed by atoms with E-state index in [9.17, 15) is 9.18 Å². The quantitative estimate of drug-likeness (QED) is 0.472. The standard InChI is InChI=1S/C19H18FN3OS/c1-14-4-2-5-15(12-14)13-25-19-22-21-18(6-3-11-24)23(19)17-9-7-16(20)8-10-17/h2,4-5,7-12H,3,6,13H2,1H3. The smallest absolute Gasteiger partial charge is 0.196 e. The SMILES string of the molecule is Cc1cccc(CSc2nnc(CCC=O)n2-c2ccc(F)cc2)c1. The number of aryl methyl sites for hydroxylation is 2. The van der Waals surface area contributed by atoms with E-state index in [1.54, 1.807) is 23.9 Å². The van der Waals surface area contributed by atoms with Crippen LogP contribution in [0, 0.1) is 12.7 Å². The molecule has 0 saturated heterocycles. The lowest BCUT2D eigenvalue weighted by atomic mass is 10.2. The number of nitrogens with zero attached hydrogens (tertiary/aromatic N) is 3. The Kier molecular flexibility index (Phi) is 5.60. The van der Waals surface area contributed by atoms with Crippen LogP contribution in [0.3, 0.4) is 0 Å². The van der Waals surface area contributed by atoms with Crippen molar-refractivity contribution in [2.45, 2.75) is 30.7 Å². The van der Waals surface area contributed by atoms with Crippen LogP contribution in [0.2, 0.25) is 0 Å². The molecule has 3 rings (SSSR count). The molecule has 0 aliphatic heterocycles. The van der Waals surface area contributed by atoms with Crippen molar-refractivity contribution in [2.75, 3.05) is 0 Å². The molecule has 0 bridgehead atoms. The van der Waals surface area contributed by atoms with Crippen LogP contribution in [0.25, 0.3) is 5.69 Å². The van der Waals surface area contributed by atoms with E-state index in [0.717, 1.165) is 22.9 Å². The molecule has 1 aromatic heterocycles. The fourth-order valence-electron chi connectivity index (χ4n) is 2.54. The molecular weight excluding hydrogens is 337 g/mol. The number of benzene rings is 2. The van der Waals surface area contributed by atoms with Gasteiger partial charge in [0.1, 0.15) is 17.9 Å². The van der Waals surface area contributed by atoms with Gasteiger partial charge in [0.05, 0.1) is 0 Å². The van der Waals surface area contributed by atoms with Crippen LogP contribution < -0.4 is 0 Å². The summed E-state index contributed by atoms with van der Waals surface area (Å²) in [7, 11) is 0. The zero-order valence-electron chi connectivity index (χ0n) is 13.9. The molecule has 0 aliphatic carbocycles. The average Bonchev–Trinajstić information content (AvgIpc) is 3.02. The zero-order chi connectivity index (χ0) is 17.6. The highest BCUT2D eigenvalue weighted by atomic mass is 32.2. The van der Waals surface area contributed by atoms with Gasteiger partial charge in [0.2, 0.25) is 0 Å². The molecule has 0 spiro atoms. The van der Waals surface area contributed by atoms with E-state index >= 15 is 0 Å². The second-order valence-electron chi connectivity index (χ2n) is 5.69. The predicted molar refractivity (Wildman–Crippen MR) is 96.4 cm³/mol. The molecule has 25 heavy (non-hydrogen) atoms. The van der Waals surface area contributed by atoms with E-state index in [4.69, 9.17) is 0 Å². The molecule has 3 aromatic rings. The maximum atomic E-state index is 13.2. The van der Waals surface area contributed by atoms with Crippen molar-refractivity contribution in [3.8, 4) is 5.69 Å². The van der Waals surface area contributed by atoms with E-state index in [0.29, 0.717) is 18.7 Å². The largest absolute Gasteiger partial charge is 0.303 e. The minimum absolute atomic E-state index is 0.291. The van der Waals surface area contributed by atoms with Gasteiger partial charge in [-0.3, -0.25) is 4.57 Å². The van der Waals surface area contributed by atoms with Crippen LogP contribution in [-0.2, 0) is 17.0 Å². The van der Waals surface area contributed by atoms with Crippen molar-refractivity contribution in [1.82, 2.24) is 14.8 Å². The van der Waals surface area contributed by atoms with Gasteiger partial charge < -0.3 is 4.79 Å². The fourth-order valence-corrected chi connectivity index (χ4v) is 3.46. The fraction of sp³-hybridized carbons (Fsp3) is 0.211. The van der Waals surface area contributed by atoms with Crippen LogP contribution in [0.5, 0.6) is 0 Å². The summed E-state index contributed by atoms with van der Waals surface area (Å²) in [5.41, 5.74) is 3.21. The van der Waals surface area contributed by atoms with Gasteiger partial charge in [0.25, 0.3) is 0 Å². The maximum Gasteiger partial charge on any atom is 0.196 e. The first-order chi connectivity index (χ1) is 12.2. The summed E-state index contributed by atoms with van der Waals surface area (Å²) >= 11 is 1.57. The van der Waals surface area contributed by atoms with Gasteiger partial charge in [-0.05, 0) is 36.8 Å². The van der Waals surface area contributed by atoms with E-state index < -0.39 is 0 Å². The van der Waals surface area contributed by atoms with Crippen molar-refractivity contribution in [3.63, 3.8) is 0 Å². The van der Waals surface area contributed by atoms with E-state index in [2.05, 4.69) is 35.3 Å². The summed E-state index contributed by atoms with van der Waals surface area (Å²) in [5.74, 6) is 1.17. The number of carbonyl (C=O) groups is 1. The van der Waals surface area contributed by atoms with Crippen molar-refractivity contribution in [3.05, 3.63) is 71.3 Å². The molecule has 0 atom stereocenters. The summed E-state index contributed by atoms with van der Waals surface area (Å²) in [4.78, 5) is 10.7. The molecule has 0 amide bonds. The molecule has 0 unspecified atom stereocenters. The Balaban J connectivity index is 1.88. The lowest BCUT2D eigenvalue weighted by Crippen LogP contribution is -2.03. The van der Waals surface area contributed by atoms with Crippen LogP contribution in [0.15, 0.2) is 53.7 Å². The molecule has 128 valence electrons. The highest BCUT2D eigenvalue weighted by Gasteiger charge is 2.14. The number of halogens is 1. The molecule has 2 aromatic carbocycles. The first kappa shape index (κ1) is 17.4. The molecule has 6 heteroatoms. The minimum atomic E-state index is -0.291. The Morgan fingerprint density at radius 3 is 2.68 bits per heavy atom. The monoisotopic (exact) mass is 355 g/mol. The molecule has 0 N–H and O–H groups in total. The minimum Gasteiger partial charge on any atom is -0.303 e. The van der Waals surface area contributed by atoms with Crippen LogP contribution >= 0.6 is 11.8 Å². The summed E-state index contributed by atoms with van der Waals surface area (Å²) in [5, 5.41) is 9.22. The number of rotatable bonds is 7. The highest BCUT2D eigenvalue weighted by Crippen LogP contribution is 2.26. The number of aldehydes is 1. The van der Waals surface area contributed by atoms with Gasteiger partial charge in [0, 0.05) is 24.3 Å². The van der Waals surface area contributed by atoms with Crippen molar-refractivity contribution in [1.29, 1.82) is 0 Å². The Hall–Kier alpha value is -2.47. The van der Waals surface area contributed by atoms with Crippen molar-refractivity contribution < 1.29 is 9.18 Å². The third-order valence-electron chi connectivity index (χ3n) is 3.72. The van der Waals surface area contributed by atoms with Gasteiger partial charge >= 0.3 is 0 Å². The first-order valence-corrected chi connectivity index (χ1v) is 8.98. The van der Waals surface area contributed by atoms with Crippen molar-refractivity contribution in [2.24, 2.45) is 0 Å². The summed E-state index contributed by atoms with van der Waals surface area (Å²) in [6.07, 6.45) is 1.74. The Bertz CT molecular complexity index is 861. The number of carbonyl (C=O) groups excluding carboxylic acids is 1. The third-order valence-corrected chi connectivity index (χ3v) is 4.72. The van der Waals surface area contributed by atoms with E-state index in [1.165, 1.54) is 23.3 Å². The summed E-state index contributed by atoms with van der Waals surface area (Å²) in [6.45, 7) is 2.06. The van der Waals surface area contributed by atoms with Gasteiger partial charge in [-0.2, -0.15) is 0 Å². The lowest BCUT2D eigenvalue weighted by molar-refractivity contribution is -0.107. The molecular formula is C19H18FN3OS. The van der Waals surface area contributed by atoms with Gasteiger partial charge in [-0.1, -0.05) is 41.6 Å². The zero-order valence-corrected chi connectivity index (χ0v) is 14.7. The van der Waals surface area contributed by atoms with E-state index in [-0.39, 0.29) is 5.82 Å². The summed E-state index contributed by atoms with van der Waals surface area (Å²) < 4.78 is 15.1. The average molecular weight is 355 g/mol. The number of hydrogen-bond acceptors (Lipinski definition) is 4. The van der Waals surface area contributed by atoms with Gasteiger partial charge in [-0.15, -0.1) is 10.2 Å². The van der Waals surface area contributed by atoms with Gasteiger partial charge in [0.15, 0.2) is 5.16 Å². The number of hydrogen-bond donors (Lipinski definition) is 0. The first-order valence-electron chi connectivity index (χ1n) is 7.99. The molecule has 1 heterocycles. The molecule has 0 saturated carbocycles. The number of thioether (sulfide) groups is 1. The molecule has 4 nitrogen and oxygen atoms in total. The Morgan fingerprint density at radius 1 is 1.16 bits per heavy atom. The maximum absolute atomic E-state index is 13.2. The van der Waals surface area contributed by atoms with Crippen LogP contribution in [0.1, 0.15) is 23.4 Å². The molecule has 0 radical (unpaired) electrons. The highest BCUT2D eigenvalue weighted by molar-refractivity contribution is 7.98. The lowest BCUT2D eigenvalue weighted by Gasteiger charge is -2.10. The second kappa shape index (κ2) is 8.07. The molecule has 0 fully saturated rings. The Labute approximate surface area is 150 Å².